The number of piperidine rings is 1. The number of fused-ring (bicyclic) bond motifs is 2. The fourth-order valence-electron chi connectivity index (χ4n) is 4.07. The molecule has 2 fully saturated rings. The molecule has 5 rings (SSSR count). The van der Waals surface area contributed by atoms with Gasteiger partial charge < -0.3 is 10.2 Å². The molecule has 2 unspecified atom stereocenters. The molecule has 3 aromatic rings. The second kappa shape index (κ2) is 5.77. The van der Waals surface area contributed by atoms with Crippen LogP contribution in [0.3, 0.4) is 0 Å². The third-order valence-electron chi connectivity index (χ3n) is 5.40. The van der Waals surface area contributed by atoms with Crippen molar-refractivity contribution >= 4 is 16.9 Å². The van der Waals surface area contributed by atoms with E-state index in [0.29, 0.717) is 28.9 Å². The molecule has 0 aromatic carbocycles. The summed E-state index contributed by atoms with van der Waals surface area (Å²) in [5.74, 6) is 1.84. The zero-order valence-corrected chi connectivity index (χ0v) is 13.7. The summed E-state index contributed by atoms with van der Waals surface area (Å²) in [5.41, 5.74) is 1.46. The predicted molar refractivity (Wildman–Crippen MR) is 98.0 cm³/mol. The highest BCUT2D eigenvalue weighted by atomic mass is 19.1. The van der Waals surface area contributed by atoms with Crippen molar-refractivity contribution < 1.29 is 7.24 Å². The molecular weight excluding hydrogens is 319 g/mol. The lowest BCUT2D eigenvalue weighted by Crippen LogP contribution is -2.35. The second-order valence-corrected chi connectivity index (χ2v) is 6.89. The number of pyridine rings is 2. The van der Waals surface area contributed by atoms with Crippen molar-refractivity contribution in [2.45, 2.75) is 6.42 Å². The van der Waals surface area contributed by atoms with Crippen LogP contribution in [0.1, 0.15) is 9.27 Å². The first-order valence-corrected chi connectivity index (χ1v) is 8.71. The lowest BCUT2D eigenvalue weighted by atomic mass is 9.90. The number of rotatable bonds is 2. The van der Waals surface area contributed by atoms with Gasteiger partial charge in [-0.05, 0) is 55.6 Å². The largest absolute Gasteiger partial charge is 0.356 e. The van der Waals surface area contributed by atoms with Crippen LogP contribution in [0.5, 0.6) is 0 Å². The predicted octanol–water partition coefficient (Wildman–Crippen LogP) is 2.70. The van der Waals surface area contributed by atoms with Gasteiger partial charge in [0.25, 0.3) is 0 Å². The lowest BCUT2D eigenvalue weighted by Gasteiger charge is -2.23. The van der Waals surface area contributed by atoms with Gasteiger partial charge in [0.2, 0.25) is 0 Å². The Labute approximate surface area is 147 Å². The molecule has 0 bridgehead atoms. The smallest absolute Gasteiger partial charge is 0.181 e. The topological polar surface area (TPSA) is 69.7 Å². The van der Waals surface area contributed by atoms with Gasteiger partial charge in [-0.25, -0.2) is 14.4 Å². The van der Waals surface area contributed by atoms with E-state index in [0.717, 1.165) is 37.4 Å². The Morgan fingerprint density at radius 1 is 1.20 bits per heavy atom. The summed E-state index contributed by atoms with van der Waals surface area (Å²) in [6.07, 6.45) is 2.87. The van der Waals surface area contributed by atoms with E-state index in [2.05, 4.69) is 30.4 Å². The van der Waals surface area contributed by atoms with Crippen LogP contribution in [0.15, 0.2) is 30.5 Å². The van der Waals surface area contributed by atoms with Crippen molar-refractivity contribution in [3.05, 3.63) is 36.3 Å². The van der Waals surface area contributed by atoms with E-state index in [1.807, 2.05) is 12.1 Å². The molecule has 3 aromatic heterocycles. The normalized spacial score (nSPS) is 23.2. The first-order chi connectivity index (χ1) is 12.3. The summed E-state index contributed by atoms with van der Waals surface area (Å²) in [6, 6.07) is 6.98. The zero-order chi connectivity index (χ0) is 16.8. The van der Waals surface area contributed by atoms with Gasteiger partial charge in [0.1, 0.15) is 11.5 Å². The number of hydrogen-bond donors (Lipinski definition) is 2. The standard InChI is InChI=1S/C18H19FN6.2H2/c19-14-3-4-15(25-9-11-5-7-20-8-12(11)10-25)22-17(14)16-13-2-1-6-21-18(13)24-23-16;;/h1-4,6,11-12,20H,5,7-10H2,(H,21,23,24);2*1H. The van der Waals surface area contributed by atoms with Crippen LogP contribution < -0.4 is 10.2 Å². The number of nitrogens with one attached hydrogen (secondary N) is 2. The quantitative estimate of drug-likeness (QED) is 0.749. The Kier molecular flexibility index (Phi) is 3.41. The van der Waals surface area contributed by atoms with Crippen LogP contribution in [0.4, 0.5) is 10.2 Å². The van der Waals surface area contributed by atoms with Gasteiger partial charge in [-0.15, -0.1) is 0 Å². The highest BCUT2D eigenvalue weighted by Crippen LogP contribution is 2.33. The second-order valence-electron chi connectivity index (χ2n) is 6.89. The number of aromatic amines is 1. The highest BCUT2D eigenvalue weighted by Gasteiger charge is 2.35. The van der Waals surface area contributed by atoms with Gasteiger partial charge in [-0.3, -0.25) is 5.10 Å². The van der Waals surface area contributed by atoms with E-state index in [4.69, 9.17) is 0 Å². The van der Waals surface area contributed by atoms with E-state index in [9.17, 15) is 4.39 Å². The molecule has 6 nitrogen and oxygen atoms in total. The average Bonchev–Trinajstić information content (AvgIpc) is 3.26. The molecule has 0 spiro atoms. The van der Waals surface area contributed by atoms with Crippen LogP contribution in [-0.4, -0.2) is 46.3 Å². The van der Waals surface area contributed by atoms with Crippen molar-refractivity contribution in [3.63, 3.8) is 0 Å². The van der Waals surface area contributed by atoms with Crippen molar-refractivity contribution in [2.75, 3.05) is 31.1 Å². The lowest BCUT2D eigenvalue weighted by molar-refractivity contribution is 0.318. The number of hydrogen-bond acceptors (Lipinski definition) is 5. The molecule has 5 heterocycles. The van der Waals surface area contributed by atoms with Crippen molar-refractivity contribution in [1.29, 1.82) is 0 Å². The minimum Gasteiger partial charge on any atom is -0.356 e. The number of aromatic nitrogens is 4. The van der Waals surface area contributed by atoms with E-state index in [-0.39, 0.29) is 8.67 Å². The number of nitrogens with zero attached hydrogens (tertiary/aromatic N) is 4. The average molecular weight is 342 g/mol. The number of H-pyrrole nitrogens is 1. The van der Waals surface area contributed by atoms with Gasteiger partial charge in [-0.2, -0.15) is 5.10 Å². The Morgan fingerprint density at radius 2 is 2.12 bits per heavy atom. The van der Waals surface area contributed by atoms with Crippen molar-refractivity contribution in [2.24, 2.45) is 11.8 Å². The number of halogens is 1. The Balaban J connectivity index is 0.00000105. The molecule has 2 aliphatic heterocycles. The first kappa shape index (κ1) is 14.8. The van der Waals surface area contributed by atoms with Crippen molar-refractivity contribution in [3.8, 4) is 11.4 Å². The maximum Gasteiger partial charge on any atom is 0.181 e. The maximum absolute atomic E-state index is 14.5. The third-order valence-corrected chi connectivity index (χ3v) is 5.40. The van der Waals surface area contributed by atoms with Crippen LogP contribution in [0.25, 0.3) is 22.4 Å². The molecule has 0 saturated carbocycles. The molecule has 0 radical (unpaired) electrons. The number of anilines is 1. The van der Waals surface area contributed by atoms with E-state index in [1.54, 1.807) is 12.3 Å². The molecule has 7 heteroatoms. The summed E-state index contributed by atoms with van der Waals surface area (Å²) in [7, 11) is 0. The summed E-state index contributed by atoms with van der Waals surface area (Å²) in [4.78, 5) is 11.1. The Bertz CT molecular complexity index is 919. The SMILES string of the molecule is Fc1ccc(N2CC3CCNCC3C2)nc1-c1[nH]nc2ncccc12.[HH].[HH]. The molecule has 132 valence electrons. The van der Waals surface area contributed by atoms with Gasteiger partial charge in [0, 0.05) is 27.5 Å². The van der Waals surface area contributed by atoms with Gasteiger partial charge in [-0.1, -0.05) is 0 Å². The molecule has 25 heavy (non-hydrogen) atoms. The first-order valence-electron chi connectivity index (χ1n) is 8.71. The minimum atomic E-state index is -0.351. The molecule has 2 N–H and O–H groups in total. The Morgan fingerprint density at radius 3 is 3.04 bits per heavy atom. The van der Waals surface area contributed by atoms with Crippen LogP contribution in [0.2, 0.25) is 0 Å². The summed E-state index contributed by atoms with van der Waals surface area (Å²) >= 11 is 0. The molecule has 0 aliphatic carbocycles. The van der Waals surface area contributed by atoms with Crippen LogP contribution in [-0.2, 0) is 0 Å². The van der Waals surface area contributed by atoms with E-state index in [1.165, 1.54) is 12.5 Å². The molecule has 2 aliphatic rings. The van der Waals surface area contributed by atoms with Crippen molar-refractivity contribution in [1.82, 2.24) is 25.5 Å². The van der Waals surface area contributed by atoms with Gasteiger partial charge >= 0.3 is 0 Å². The summed E-state index contributed by atoms with van der Waals surface area (Å²) in [5, 5.41) is 11.3. The maximum atomic E-state index is 14.5. The molecular formula is C18H23FN6. The minimum absolute atomic E-state index is 0. The van der Waals surface area contributed by atoms with E-state index < -0.39 is 0 Å². The fourth-order valence-corrected chi connectivity index (χ4v) is 4.07. The van der Waals surface area contributed by atoms with Crippen LogP contribution >= 0.6 is 0 Å². The molecule has 0 amide bonds. The summed E-state index contributed by atoms with van der Waals surface area (Å²) < 4.78 is 14.5. The summed E-state index contributed by atoms with van der Waals surface area (Å²) in [6.45, 7) is 4.12. The highest BCUT2D eigenvalue weighted by molar-refractivity contribution is 5.89. The molecule has 2 atom stereocenters. The Hall–Kier alpha value is -2.54. The molecule has 2 saturated heterocycles. The van der Waals surface area contributed by atoms with E-state index >= 15 is 0 Å². The van der Waals surface area contributed by atoms with Gasteiger partial charge in [0.15, 0.2) is 11.5 Å². The van der Waals surface area contributed by atoms with Gasteiger partial charge in [0.05, 0.1) is 5.69 Å². The monoisotopic (exact) mass is 342 g/mol. The van der Waals surface area contributed by atoms with Crippen LogP contribution in [0, 0.1) is 17.7 Å². The zero-order valence-electron chi connectivity index (χ0n) is 13.7. The fraction of sp³-hybridized carbons (Fsp3) is 0.389. The third kappa shape index (κ3) is 2.46.